The summed E-state index contributed by atoms with van der Waals surface area (Å²) in [6.07, 6.45) is 2.03. The van der Waals surface area contributed by atoms with Crippen molar-refractivity contribution in [2.45, 2.75) is 64.8 Å². The van der Waals surface area contributed by atoms with Gasteiger partial charge in [0.2, 0.25) is 0 Å². The van der Waals surface area contributed by atoms with Gasteiger partial charge in [0, 0.05) is 18.8 Å². The molecule has 0 spiro atoms. The second-order valence-corrected chi connectivity index (χ2v) is 6.90. The predicted molar refractivity (Wildman–Crippen MR) is 82.6 cm³/mol. The van der Waals surface area contributed by atoms with E-state index in [1.165, 1.54) is 13.0 Å². The highest BCUT2D eigenvalue weighted by molar-refractivity contribution is 5.66. The molecule has 1 rings (SSSR count). The molecule has 1 saturated carbocycles. The minimum absolute atomic E-state index is 0.0305. The topological polar surface area (TPSA) is 66.8 Å². The summed E-state index contributed by atoms with van der Waals surface area (Å²) in [6.45, 7) is 14.8. The number of carbonyl (C=O) groups excluding carboxylic acids is 1. The van der Waals surface area contributed by atoms with Gasteiger partial charge in [-0.15, -0.1) is 6.58 Å². The van der Waals surface area contributed by atoms with E-state index in [1.807, 2.05) is 13.8 Å². The van der Waals surface area contributed by atoms with Gasteiger partial charge >= 0.3 is 5.97 Å². The number of rotatable bonds is 5. The summed E-state index contributed by atoms with van der Waals surface area (Å²) in [4.78, 5) is 11.3. The van der Waals surface area contributed by atoms with Crippen molar-refractivity contribution >= 4 is 5.97 Å². The van der Waals surface area contributed by atoms with Crippen molar-refractivity contribution in [3.63, 3.8) is 0 Å². The van der Waals surface area contributed by atoms with Gasteiger partial charge < -0.3 is 14.9 Å². The highest BCUT2D eigenvalue weighted by Crippen LogP contribution is 2.47. The molecule has 0 aromatic carbocycles. The van der Waals surface area contributed by atoms with Crippen LogP contribution in [0.2, 0.25) is 0 Å². The Bertz CT molecular complexity index is 423. The molecule has 0 aromatic rings. The van der Waals surface area contributed by atoms with Crippen LogP contribution in [0.15, 0.2) is 24.8 Å². The third kappa shape index (κ3) is 4.17. The predicted octanol–water partition coefficient (Wildman–Crippen LogP) is 2.60. The minimum Gasteiger partial charge on any atom is -0.462 e. The van der Waals surface area contributed by atoms with E-state index in [1.54, 1.807) is 6.92 Å². The van der Waals surface area contributed by atoms with Gasteiger partial charge in [-0.25, -0.2) is 0 Å². The lowest BCUT2D eigenvalue weighted by Gasteiger charge is -2.47. The molecule has 4 atom stereocenters. The summed E-state index contributed by atoms with van der Waals surface area (Å²) in [5, 5.41) is 20.3. The number of esters is 1. The first kappa shape index (κ1) is 17.9. The highest BCUT2D eigenvalue weighted by Gasteiger charge is 2.47. The third-order valence-electron chi connectivity index (χ3n) is 4.73. The first-order chi connectivity index (χ1) is 9.51. The summed E-state index contributed by atoms with van der Waals surface area (Å²) in [5.74, 6) is -0.373. The fraction of sp³-hybridized carbons (Fsp3) is 0.706. The van der Waals surface area contributed by atoms with Crippen molar-refractivity contribution in [2.24, 2.45) is 11.3 Å². The number of aliphatic hydroxyl groups is 2. The first-order valence-electron chi connectivity index (χ1n) is 7.41. The van der Waals surface area contributed by atoms with Gasteiger partial charge in [0.25, 0.3) is 0 Å². The molecule has 120 valence electrons. The highest BCUT2D eigenvalue weighted by atomic mass is 16.5. The molecular weight excluding hydrogens is 268 g/mol. The quantitative estimate of drug-likeness (QED) is 0.604. The van der Waals surface area contributed by atoms with Gasteiger partial charge in [-0.05, 0) is 31.3 Å². The standard InChI is InChI=1S/C17H28O4/c1-7-17(6,20)9-8-13-11(2)14(19)10-15(16(13,4)5)21-12(3)18/h7,13-15,19-20H,1-2,8-10H2,3-6H3/t13-,14+,15+,17?/m0/s1. The molecule has 0 heterocycles. The number of hydrogen-bond donors (Lipinski definition) is 2. The molecule has 21 heavy (non-hydrogen) atoms. The lowest BCUT2D eigenvalue weighted by Crippen LogP contribution is -2.49. The Morgan fingerprint density at radius 1 is 1.57 bits per heavy atom. The van der Waals surface area contributed by atoms with Gasteiger partial charge in [-0.1, -0.05) is 26.5 Å². The lowest BCUT2D eigenvalue weighted by atomic mass is 9.62. The van der Waals surface area contributed by atoms with E-state index in [0.717, 1.165) is 5.57 Å². The van der Waals surface area contributed by atoms with Crippen LogP contribution in [0.1, 0.15) is 47.0 Å². The molecule has 0 amide bonds. The van der Waals surface area contributed by atoms with E-state index in [0.29, 0.717) is 19.3 Å². The average Bonchev–Trinajstić information content (AvgIpc) is 2.35. The van der Waals surface area contributed by atoms with Gasteiger partial charge in [-0.2, -0.15) is 0 Å². The monoisotopic (exact) mass is 296 g/mol. The summed E-state index contributed by atoms with van der Waals surface area (Å²) in [7, 11) is 0. The maximum absolute atomic E-state index is 11.3. The van der Waals surface area contributed by atoms with Gasteiger partial charge in [0.1, 0.15) is 6.10 Å². The van der Waals surface area contributed by atoms with E-state index in [-0.39, 0.29) is 23.4 Å². The molecule has 1 unspecified atom stereocenters. The summed E-state index contributed by atoms with van der Waals surface area (Å²) >= 11 is 0. The van der Waals surface area contributed by atoms with Crippen LogP contribution in [0.4, 0.5) is 0 Å². The van der Waals surface area contributed by atoms with Crippen LogP contribution in [-0.4, -0.2) is 34.0 Å². The molecule has 0 bridgehead atoms. The molecule has 0 aliphatic heterocycles. The number of hydrogen-bond acceptors (Lipinski definition) is 4. The summed E-state index contributed by atoms with van der Waals surface area (Å²) < 4.78 is 5.39. The van der Waals surface area contributed by atoms with Gasteiger partial charge in [0.05, 0.1) is 11.7 Å². The van der Waals surface area contributed by atoms with Gasteiger partial charge in [-0.3, -0.25) is 4.79 Å². The zero-order chi connectivity index (χ0) is 16.4. The Labute approximate surface area is 127 Å². The van der Waals surface area contributed by atoms with Crippen LogP contribution in [0.5, 0.6) is 0 Å². The normalized spacial score (nSPS) is 31.3. The molecule has 4 heteroatoms. The molecular formula is C17H28O4. The Balaban J connectivity index is 2.94. The van der Waals surface area contributed by atoms with Crippen LogP contribution < -0.4 is 0 Å². The summed E-state index contributed by atoms with van der Waals surface area (Å²) in [5.41, 5.74) is -0.530. The molecule has 2 N–H and O–H groups in total. The van der Waals surface area contributed by atoms with Crippen LogP contribution >= 0.6 is 0 Å². The second kappa shape index (κ2) is 6.32. The van der Waals surface area contributed by atoms with Crippen molar-refractivity contribution in [3.05, 3.63) is 24.8 Å². The van der Waals surface area contributed by atoms with Gasteiger partial charge in [0.15, 0.2) is 0 Å². The van der Waals surface area contributed by atoms with E-state index in [4.69, 9.17) is 4.74 Å². The largest absolute Gasteiger partial charge is 0.462 e. The van der Waals surface area contributed by atoms with Crippen LogP contribution in [0.25, 0.3) is 0 Å². The molecule has 0 aromatic heterocycles. The van der Waals surface area contributed by atoms with Crippen molar-refractivity contribution in [1.29, 1.82) is 0 Å². The fourth-order valence-electron chi connectivity index (χ4n) is 3.09. The van der Waals surface area contributed by atoms with E-state index < -0.39 is 11.7 Å². The minimum atomic E-state index is -0.949. The zero-order valence-electron chi connectivity index (χ0n) is 13.6. The molecule has 1 aliphatic rings. The van der Waals surface area contributed by atoms with E-state index in [9.17, 15) is 15.0 Å². The SMILES string of the molecule is C=CC(C)(O)CC[C@H]1C(=C)[C@H](O)C[C@@H](OC(C)=O)C1(C)C. The van der Waals surface area contributed by atoms with Crippen molar-refractivity contribution in [1.82, 2.24) is 0 Å². The van der Waals surface area contributed by atoms with Crippen molar-refractivity contribution in [2.75, 3.05) is 0 Å². The maximum Gasteiger partial charge on any atom is 0.302 e. The first-order valence-corrected chi connectivity index (χ1v) is 7.41. The van der Waals surface area contributed by atoms with Crippen LogP contribution in [-0.2, 0) is 9.53 Å². The molecule has 1 fully saturated rings. The molecule has 1 aliphatic carbocycles. The Morgan fingerprint density at radius 2 is 2.14 bits per heavy atom. The van der Waals surface area contributed by atoms with Crippen molar-refractivity contribution in [3.8, 4) is 0 Å². The van der Waals surface area contributed by atoms with Crippen LogP contribution in [0.3, 0.4) is 0 Å². The second-order valence-electron chi connectivity index (χ2n) is 6.90. The van der Waals surface area contributed by atoms with E-state index in [2.05, 4.69) is 13.2 Å². The number of aliphatic hydroxyl groups excluding tert-OH is 1. The summed E-state index contributed by atoms with van der Waals surface area (Å²) in [6, 6.07) is 0. The Morgan fingerprint density at radius 3 is 2.62 bits per heavy atom. The maximum atomic E-state index is 11.3. The van der Waals surface area contributed by atoms with Crippen molar-refractivity contribution < 1.29 is 19.7 Å². The number of ether oxygens (including phenoxy) is 1. The molecule has 4 nitrogen and oxygen atoms in total. The Kier molecular flexibility index (Phi) is 5.40. The Hall–Kier alpha value is -1.13. The molecule has 0 radical (unpaired) electrons. The van der Waals surface area contributed by atoms with E-state index >= 15 is 0 Å². The average molecular weight is 296 g/mol. The lowest BCUT2D eigenvalue weighted by molar-refractivity contribution is -0.160. The van der Waals surface area contributed by atoms with Crippen LogP contribution in [0, 0.1) is 11.3 Å². The smallest absolute Gasteiger partial charge is 0.302 e. The zero-order valence-corrected chi connectivity index (χ0v) is 13.6. The fourth-order valence-corrected chi connectivity index (χ4v) is 3.09. The third-order valence-corrected chi connectivity index (χ3v) is 4.73. The molecule has 0 saturated heterocycles. The number of carbonyl (C=O) groups is 1.